The molecule has 1 amide bonds. The molecule has 5 nitrogen and oxygen atoms in total. The van der Waals surface area contributed by atoms with Gasteiger partial charge in [0.2, 0.25) is 11.0 Å². The zero-order valence-corrected chi connectivity index (χ0v) is 13.5. The maximum Gasteiger partial charge on any atom is 0.226 e. The lowest BCUT2D eigenvalue weighted by molar-refractivity contribution is -0.116. The van der Waals surface area contributed by atoms with Crippen LogP contribution in [0.25, 0.3) is 10.6 Å². The number of carbonyl (C=O) groups is 1. The van der Waals surface area contributed by atoms with Crippen molar-refractivity contribution in [1.29, 1.82) is 0 Å². The van der Waals surface area contributed by atoms with Gasteiger partial charge in [-0.25, -0.2) is 0 Å². The molecule has 0 fully saturated rings. The molecule has 23 heavy (non-hydrogen) atoms. The Morgan fingerprint density at radius 3 is 2.74 bits per heavy atom. The van der Waals surface area contributed by atoms with Crippen LogP contribution in [0.2, 0.25) is 0 Å². The van der Waals surface area contributed by atoms with Gasteiger partial charge < -0.3 is 5.32 Å². The summed E-state index contributed by atoms with van der Waals surface area (Å²) < 4.78 is 0. The number of benzene rings is 1. The van der Waals surface area contributed by atoms with E-state index in [0.717, 1.165) is 16.1 Å². The Morgan fingerprint density at radius 2 is 2.00 bits per heavy atom. The molecule has 6 heteroatoms. The quantitative estimate of drug-likeness (QED) is 0.780. The van der Waals surface area contributed by atoms with Gasteiger partial charge in [-0.05, 0) is 31.0 Å². The maximum absolute atomic E-state index is 12.0. The molecule has 0 radical (unpaired) electrons. The molecule has 1 aromatic carbocycles. The van der Waals surface area contributed by atoms with E-state index in [1.807, 2.05) is 31.2 Å². The minimum Gasteiger partial charge on any atom is -0.301 e. The highest BCUT2D eigenvalue weighted by Gasteiger charge is 2.09. The van der Waals surface area contributed by atoms with Gasteiger partial charge in [-0.1, -0.05) is 41.2 Å². The number of aromatic nitrogens is 3. The Bertz CT molecular complexity index is 784. The number of pyridine rings is 1. The van der Waals surface area contributed by atoms with E-state index in [2.05, 4.69) is 32.6 Å². The van der Waals surface area contributed by atoms with E-state index in [0.29, 0.717) is 18.0 Å². The molecule has 0 aliphatic carbocycles. The van der Waals surface area contributed by atoms with Crippen molar-refractivity contribution >= 4 is 22.4 Å². The first-order valence-electron chi connectivity index (χ1n) is 7.30. The fourth-order valence-electron chi connectivity index (χ4n) is 2.07. The lowest BCUT2D eigenvalue weighted by Crippen LogP contribution is -2.12. The van der Waals surface area contributed by atoms with Gasteiger partial charge in [0, 0.05) is 24.4 Å². The van der Waals surface area contributed by atoms with Gasteiger partial charge in [0.15, 0.2) is 5.01 Å². The molecule has 0 unspecified atom stereocenters. The Morgan fingerprint density at radius 1 is 1.17 bits per heavy atom. The first-order chi connectivity index (χ1) is 11.2. The molecule has 0 aliphatic rings. The van der Waals surface area contributed by atoms with Crippen molar-refractivity contribution in [2.24, 2.45) is 0 Å². The summed E-state index contributed by atoms with van der Waals surface area (Å²) >= 11 is 1.34. The number of anilines is 1. The Labute approximate surface area is 138 Å². The van der Waals surface area contributed by atoms with Crippen LogP contribution in [0.3, 0.4) is 0 Å². The van der Waals surface area contributed by atoms with Crippen LogP contribution in [-0.2, 0) is 11.2 Å². The van der Waals surface area contributed by atoms with Gasteiger partial charge in [-0.3, -0.25) is 9.78 Å². The summed E-state index contributed by atoms with van der Waals surface area (Å²) in [5.74, 6) is -0.0561. The summed E-state index contributed by atoms with van der Waals surface area (Å²) in [7, 11) is 0. The smallest absolute Gasteiger partial charge is 0.226 e. The molecule has 2 aromatic heterocycles. The van der Waals surface area contributed by atoms with Crippen LogP contribution < -0.4 is 5.32 Å². The minimum atomic E-state index is -0.0561. The van der Waals surface area contributed by atoms with E-state index in [9.17, 15) is 4.79 Å². The van der Waals surface area contributed by atoms with E-state index in [1.165, 1.54) is 16.9 Å². The molecule has 116 valence electrons. The Balaban J connectivity index is 1.56. The van der Waals surface area contributed by atoms with Gasteiger partial charge >= 0.3 is 0 Å². The summed E-state index contributed by atoms with van der Waals surface area (Å²) in [6, 6.07) is 12.0. The second-order valence-electron chi connectivity index (χ2n) is 5.19. The summed E-state index contributed by atoms with van der Waals surface area (Å²) in [6.45, 7) is 2.05. The van der Waals surface area contributed by atoms with Gasteiger partial charge in [-0.2, -0.15) is 0 Å². The highest BCUT2D eigenvalue weighted by Crippen LogP contribution is 2.25. The third-order valence-corrected chi connectivity index (χ3v) is 4.23. The first-order valence-corrected chi connectivity index (χ1v) is 8.11. The molecular weight excluding hydrogens is 308 g/mol. The van der Waals surface area contributed by atoms with E-state index in [-0.39, 0.29) is 5.91 Å². The summed E-state index contributed by atoms with van der Waals surface area (Å²) in [5.41, 5.74) is 3.26. The number of rotatable bonds is 5. The maximum atomic E-state index is 12.0. The van der Waals surface area contributed by atoms with Crippen molar-refractivity contribution in [1.82, 2.24) is 15.2 Å². The van der Waals surface area contributed by atoms with Crippen LogP contribution in [0.15, 0.2) is 48.8 Å². The van der Waals surface area contributed by atoms with E-state index in [1.54, 1.807) is 12.4 Å². The normalized spacial score (nSPS) is 10.5. The van der Waals surface area contributed by atoms with Crippen LogP contribution in [0.5, 0.6) is 0 Å². The van der Waals surface area contributed by atoms with Crippen LogP contribution >= 0.6 is 11.3 Å². The van der Waals surface area contributed by atoms with Crippen molar-refractivity contribution in [3.05, 3.63) is 59.9 Å². The second kappa shape index (κ2) is 7.11. The molecule has 1 N–H and O–H groups in total. The molecule has 3 rings (SSSR count). The number of aryl methyl sites for hydroxylation is 2. The molecule has 0 aliphatic heterocycles. The number of nitrogens with one attached hydrogen (secondary N) is 1. The fourth-order valence-corrected chi connectivity index (χ4v) is 2.82. The van der Waals surface area contributed by atoms with E-state index >= 15 is 0 Å². The van der Waals surface area contributed by atoms with Gasteiger partial charge in [-0.15, -0.1) is 10.2 Å². The van der Waals surface area contributed by atoms with E-state index in [4.69, 9.17) is 0 Å². The number of hydrogen-bond acceptors (Lipinski definition) is 5. The number of hydrogen-bond donors (Lipinski definition) is 1. The molecule has 0 spiro atoms. The standard InChI is InChI=1S/C17H16N4OS/c1-12-4-6-13(7-5-12)8-9-15(22)19-17-21-20-16(23-17)14-3-2-10-18-11-14/h2-7,10-11H,8-9H2,1H3,(H,19,21,22). The molecule has 0 atom stereocenters. The lowest BCUT2D eigenvalue weighted by Gasteiger charge is -2.02. The van der Waals surface area contributed by atoms with Gasteiger partial charge in [0.25, 0.3) is 0 Å². The molecule has 0 bridgehead atoms. The first kappa shape index (κ1) is 15.3. The molecule has 0 saturated carbocycles. The van der Waals surface area contributed by atoms with E-state index < -0.39 is 0 Å². The zero-order chi connectivity index (χ0) is 16.1. The Kier molecular flexibility index (Phi) is 4.73. The molecular formula is C17H16N4OS. The number of nitrogens with zero attached hydrogens (tertiary/aromatic N) is 3. The van der Waals surface area contributed by atoms with Gasteiger partial charge in [0.05, 0.1) is 0 Å². The minimum absolute atomic E-state index is 0.0561. The fraction of sp³-hybridized carbons (Fsp3) is 0.176. The third-order valence-electron chi connectivity index (χ3n) is 3.34. The summed E-state index contributed by atoms with van der Waals surface area (Å²) in [6.07, 6.45) is 4.56. The monoisotopic (exact) mass is 324 g/mol. The van der Waals surface area contributed by atoms with Crippen molar-refractivity contribution in [3.8, 4) is 10.6 Å². The second-order valence-corrected chi connectivity index (χ2v) is 6.17. The summed E-state index contributed by atoms with van der Waals surface area (Å²) in [4.78, 5) is 16.1. The van der Waals surface area contributed by atoms with Crippen molar-refractivity contribution < 1.29 is 4.79 Å². The topological polar surface area (TPSA) is 67.8 Å². The highest BCUT2D eigenvalue weighted by molar-refractivity contribution is 7.18. The van der Waals surface area contributed by atoms with Crippen LogP contribution in [-0.4, -0.2) is 21.1 Å². The van der Waals surface area contributed by atoms with Crippen LogP contribution in [0.4, 0.5) is 5.13 Å². The van der Waals surface area contributed by atoms with Crippen LogP contribution in [0, 0.1) is 6.92 Å². The third kappa shape index (κ3) is 4.20. The average Bonchev–Trinajstić information content (AvgIpc) is 3.04. The summed E-state index contributed by atoms with van der Waals surface area (Å²) in [5, 5.41) is 12.1. The van der Waals surface area contributed by atoms with Gasteiger partial charge in [0.1, 0.15) is 0 Å². The molecule has 3 aromatic rings. The predicted molar refractivity (Wildman–Crippen MR) is 91.3 cm³/mol. The highest BCUT2D eigenvalue weighted by atomic mass is 32.1. The van der Waals surface area contributed by atoms with Crippen molar-refractivity contribution in [2.45, 2.75) is 19.8 Å². The number of amides is 1. The molecule has 0 saturated heterocycles. The van der Waals surface area contributed by atoms with Crippen molar-refractivity contribution in [3.63, 3.8) is 0 Å². The SMILES string of the molecule is Cc1ccc(CCC(=O)Nc2nnc(-c3cccnc3)s2)cc1. The zero-order valence-electron chi connectivity index (χ0n) is 12.7. The average molecular weight is 324 g/mol. The van der Waals surface area contributed by atoms with Crippen molar-refractivity contribution in [2.75, 3.05) is 5.32 Å². The predicted octanol–water partition coefficient (Wildman–Crippen LogP) is 3.48. The number of carbonyl (C=O) groups excluding carboxylic acids is 1. The lowest BCUT2D eigenvalue weighted by atomic mass is 10.1. The Hall–Kier alpha value is -2.60. The molecule has 2 heterocycles. The van der Waals surface area contributed by atoms with Crippen LogP contribution in [0.1, 0.15) is 17.5 Å². The largest absolute Gasteiger partial charge is 0.301 e.